The van der Waals surface area contributed by atoms with E-state index in [-0.39, 0.29) is 6.61 Å². The van der Waals surface area contributed by atoms with Crippen LogP contribution in [0.4, 0.5) is 0 Å². The Hall–Kier alpha value is -2.97. The highest BCUT2D eigenvalue weighted by atomic mass is 35.5. The van der Waals surface area contributed by atoms with Gasteiger partial charge in [-0.05, 0) is 67.8 Å². The zero-order valence-electron chi connectivity index (χ0n) is 15.4. The van der Waals surface area contributed by atoms with E-state index < -0.39 is 11.5 Å². The van der Waals surface area contributed by atoms with Crippen LogP contribution in [-0.4, -0.2) is 24.3 Å². The van der Waals surface area contributed by atoms with Crippen molar-refractivity contribution in [1.82, 2.24) is 0 Å². The predicted octanol–water partition coefficient (Wildman–Crippen LogP) is 4.71. The lowest BCUT2D eigenvalue weighted by molar-refractivity contribution is -0.132. The molecule has 5 nitrogen and oxygen atoms in total. The fraction of sp³-hybridized carbons (Fsp3) is 0.238. The Bertz CT molecular complexity index is 929. The first-order valence-electron chi connectivity index (χ1n) is 8.30. The molecule has 0 radical (unpaired) electrons. The number of rotatable bonds is 7. The fourth-order valence-corrected chi connectivity index (χ4v) is 2.70. The molecule has 0 bridgehead atoms. The SMILES string of the molecule is Cc1cc(C)c(C)c(OCCOc2ccc(Cl)cc2C=C(C#N)C(=O)O)c1. The van der Waals surface area contributed by atoms with Crippen molar-refractivity contribution in [2.24, 2.45) is 0 Å². The number of carboxylic acids is 1. The van der Waals surface area contributed by atoms with Gasteiger partial charge in [0.1, 0.15) is 36.4 Å². The molecule has 0 unspecified atom stereocenters. The van der Waals surface area contributed by atoms with E-state index in [2.05, 4.69) is 6.07 Å². The smallest absolute Gasteiger partial charge is 0.346 e. The molecule has 0 spiro atoms. The molecular weight excluding hydrogens is 366 g/mol. The third kappa shape index (κ3) is 5.50. The summed E-state index contributed by atoms with van der Waals surface area (Å²) >= 11 is 5.97. The molecule has 27 heavy (non-hydrogen) atoms. The Morgan fingerprint density at radius 3 is 2.44 bits per heavy atom. The summed E-state index contributed by atoms with van der Waals surface area (Å²) in [4.78, 5) is 11.1. The standard InChI is InChI=1S/C21H20ClNO4/c1-13-8-14(2)15(3)20(9-13)27-7-6-26-19-5-4-18(22)11-16(19)10-17(12-23)21(24)25/h4-5,8-11H,6-7H2,1-3H3,(H,24,25). The van der Waals surface area contributed by atoms with Gasteiger partial charge in [-0.25, -0.2) is 4.79 Å². The van der Waals surface area contributed by atoms with Gasteiger partial charge in [0.2, 0.25) is 0 Å². The van der Waals surface area contributed by atoms with Crippen molar-refractivity contribution in [2.45, 2.75) is 20.8 Å². The summed E-state index contributed by atoms with van der Waals surface area (Å²) in [5.74, 6) is -0.0730. The topological polar surface area (TPSA) is 79.5 Å². The lowest BCUT2D eigenvalue weighted by atomic mass is 10.1. The zero-order valence-corrected chi connectivity index (χ0v) is 16.1. The third-order valence-corrected chi connectivity index (χ3v) is 4.22. The van der Waals surface area contributed by atoms with Gasteiger partial charge in [-0.2, -0.15) is 5.26 Å². The van der Waals surface area contributed by atoms with Crippen LogP contribution in [0.15, 0.2) is 35.9 Å². The highest BCUT2D eigenvalue weighted by Crippen LogP contribution is 2.26. The van der Waals surface area contributed by atoms with Crippen LogP contribution in [0.1, 0.15) is 22.3 Å². The maximum Gasteiger partial charge on any atom is 0.346 e. The van der Waals surface area contributed by atoms with Crippen molar-refractivity contribution in [3.05, 3.63) is 63.2 Å². The number of aliphatic carboxylic acids is 1. The molecule has 0 amide bonds. The Morgan fingerprint density at radius 1 is 1.15 bits per heavy atom. The monoisotopic (exact) mass is 385 g/mol. The number of hydrogen-bond donors (Lipinski definition) is 1. The predicted molar refractivity (Wildman–Crippen MR) is 104 cm³/mol. The van der Waals surface area contributed by atoms with E-state index in [1.165, 1.54) is 6.08 Å². The number of hydrogen-bond acceptors (Lipinski definition) is 4. The Labute approximate surface area is 163 Å². The second kappa shape index (κ2) is 9.11. The van der Waals surface area contributed by atoms with Crippen LogP contribution in [0.2, 0.25) is 5.02 Å². The number of benzene rings is 2. The molecule has 6 heteroatoms. The van der Waals surface area contributed by atoms with Crippen LogP contribution in [0.25, 0.3) is 6.08 Å². The van der Waals surface area contributed by atoms with Gasteiger partial charge in [0, 0.05) is 10.6 Å². The van der Waals surface area contributed by atoms with Crippen molar-refractivity contribution < 1.29 is 19.4 Å². The highest BCUT2D eigenvalue weighted by molar-refractivity contribution is 6.30. The molecule has 1 N–H and O–H groups in total. The lowest BCUT2D eigenvalue weighted by Crippen LogP contribution is -2.10. The summed E-state index contributed by atoms with van der Waals surface area (Å²) in [5.41, 5.74) is 3.38. The van der Waals surface area contributed by atoms with Crippen molar-refractivity contribution in [2.75, 3.05) is 13.2 Å². The number of nitriles is 1. The Kier molecular flexibility index (Phi) is 6.86. The summed E-state index contributed by atoms with van der Waals surface area (Å²) in [5, 5.41) is 18.4. The molecule has 0 saturated carbocycles. The summed E-state index contributed by atoms with van der Waals surface area (Å²) in [6.07, 6.45) is 1.23. The number of carbonyl (C=O) groups is 1. The number of nitrogens with zero attached hydrogens (tertiary/aromatic N) is 1. The maximum absolute atomic E-state index is 11.1. The molecule has 0 fully saturated rings. The molecule has 0 atom stereocenters. The molecule has 140 valence electrons. The summed E-state index contributed by atoms with van der Waals surface area (Å²) in [7, 11) is 0. The van der Waals surface area contributed by atoms with Gasteiger partial charge in [-0.3, -0.25) is 0 Å². The molecule has 0 aliphatic heterocycles. The van der Waals surface area contributed by atoms with E-state index in [1.54, 1.807) is 24.3 Å². The second-order valence-electron chi connectivity index (χ2n) is 6.06. The first-order chi connectivity index (χ1) is 12.8. The minimum atomic E-state index is -1.31. The van der Waals surface area contributed by atoms with Gasteiger partial charge in [-0.15, -0.1) is 0 Å². The molecule has 0 aromatic heterocycles. The van der Waals surface area contributed by atoms with E-state index in [4.69, 9.17) is 31.4 Å². The summed E-state index contributed by atoms with van der Waals surface area (Å²) in [6.45, 7) is 6.62. The summed E-state index contributed by atoms with van der Waals surface area (Å²) in [6, 6.07) is 10.5. The Balaban J connectivity index is 2.09. The third-order valence-electron chi connectivity index (χ3n) is 3.99. The molecule has 0 saturated heterocycles. The number of halogens is 1. The fourth-order valence-electron chi connectivity index (χ4n) is 2.51. The van der Waals surface area contributed by atoms with Gasteiger partial charge >= 0.3 is 5.97 Å². The van der Waals surface area contributed by atoms with E-state index in [1.807, 2.05) is 26.8 Å². The first kappa shape index (κ1) is 20.3. The largest absolute Gasteiger partial charge is 0.490 e. The van der Waals surface area contributed by atoms with Gasteiger partial charge in [0.05, 0.1) is 0 Å². The molecule has 0 aliphatic rings. The van der Waals surface area contributed by atoms with Gasteiger partial charge in [-0.1, -0.05) is 17.7 Å². The van der Waals surface area contributed by atoms with Crippen LogP contribution < -0.4 is 9.47 Å². The van der Waals surface area contributed by atoms with Gasteiger partial charge in [0.25, 0.3) is 0 Å². The number of carboxylic acid groups (broad SMARTS) is 1. The van der Waals surface area contributed by atoms with Crippen molar-refractivity contribution in [1.29, 1.82) is 5.26 Å². The quantitative estimate of drug-likeness (QED) is 0.424. The number of aryl methyl sites for hydroxylation is 2. The van der Waals surface area contributed by atoms with E-state index in [9.17, 15) is 4.79 Å². The average molecular weight is 386 g/mol. The number of ether oxygens (including phenoxy) is 2. The molecule has 0 aliphatic carbocycles. The lowest BCUT2D eigenvalue weighted by Gasteiger charge is -2.14. The van der Waals surface area contributed by atoms with Gasteiger partial charge in [0.15, 0.2) is 0 Å². The molecule has 2 aromatic carbocycles. The van der Waals surface area contributed by atoms with Crippen molar-refractivity contribution >= 4 is 23.6 Å². The van der Waals surface area contributed by atoms with E-state index in [0.717, 1.165) is 22.4 Å². The first-order valence-corrected chi connectivity index (χ1v) is 8.67. The highest BCUT2D eigenvalue weighted by Gasteiger charge is 2.10. The van der Waals surface area contributed by atoms with E-state index >= 15 is 0 Å². The van der Waals surface area contributed by atoms with Crippen molar-refractivity contribution in [3.63, 3.8) is 0 Å². The van der Waals surface area contributed by atoms with Crippen LogP contribution in [0, 0.1) is 32.1 Å². The molecule has 2 rings (SSSR count). The van der Waals surface area contributed by atoms with Crippen LogP contribution in [0.5, 0.6) is 11.5 Å². The maximum atomic E-state index is 11.1. The van der Waals surface area contributed by atoms with Crippen molar-refractivity contribution in [3.8, 4) is 17.6 Å². The Morgan fingerprint density at radius 2 is 1.81 bits per heavy atom. The van der Waals surface area contributed by atoms with Crippen LogP contribution >= 0.6 is 11.6 Å². The second-order valence-corrected chi connectivity index (χ2v) is 6.50. The summed E-state index contributed by atoms with van der Waals surface area (Å²) < 4.78 is 11.5. The minimum absolute atomic E-state index is 0.254. The van der Waals surface area contributed by atoms with Crippen LogP contribution in [-0.2, 0) is 4.79 Å². The van der Waals surface area contributed by atoms with Gasteiger partial charge < -0.3 is 14.6 Å². The normalized spacial score (nSPS) is 11.0. The molecule has 0 heterocycles. The van der Waals surface area contributed by atoms with E-state index in [0.29, 0.717) is 22.9 Å². The minimum Gasteiger partial charge on any atom is -0.490 e. The van der Waals surface area contributed by atoms with Crippen LogP contribution in [0.3, 0.4) is 0 Å². The molecule has 2 aromatic rings. The average Bonchev–Trinajstić information content (AvgIpc) is 2.61. The molecular formula is C21H20ClNO4. The zero-order chi connectivity index (χ0) is 20.0.